The second-order valence-corrected chi connectivity index (χ2v) is 7.97. The van der Waals surface area contributed by atoms with Gasteiger partial charge < -0.3 is 0 Å². The molecule has 3 heteroatoms. The molecule has 0 bridgehead atoms. The van der Waals surface area contributed by atoms with Crippen LogP contribution >= 0.6 is 0 Å². The zero-order valence-corrected chi connectivity index (χ0v) is 9.98. The van der Waals surface area contributed by atoms with Crippen LogP contribution in [0.4, 0.5) is 0 Å². The molecule has 0 aliphatic carbocycles. The summed E-state index contributed by atoms with van der Waals surface area (Å²) >= 11 is 1.30. The Balaban J connectivity index is 0. The molecule has 0 rings (SSSR count). The maximum Gasteiger partial charge on any atom is 1.00 e. The Hall–Kier alpha value is 1.30. The molecule has 0 nitrogen and oxygen atoms in total. The first-order valence-electron chi connectivity index (χ1n) is 2.69. The van der Waals surface area contributed by atoms with Crippen molar-refractivity contribution in [2.75, 3.05) is 0 Å². The average molecular weight is 305 g/mol. The van der Waals surface area contributed by atoms with Crippen molar-refractivity contribution in [3.8, 4) is 0 Å². The Morgan fingerprint density at radius 2 is 1.56 bits per heavy atom. The van der Waals surface area contributed by atoms with Crippen LogP contribution in [0.1, 0.15) is 13.8 Å². The van der Waals surface area contributed by atoms with Crippen LogP contribution < -0.4 is 0 Å². The van der Waals surface area contributed by atoms with Crippen LogP contribution in [0.15, 0.2) is 3.37 Å². The fourth-order valence-electron chi connectivity index (χ4n) is 0.326. The Morgan fingerprint density at radius 3 is 1.78 bits per heavy atom. The third-order valence-electron chi connectivity index (χ3n) is 0.573. The molecule has 0 saturated heterocycles. The molecule has 0 aliphatic heterocycles. The van der Waals surface area contributed by atoms with Gasteiger partial charge in [-0.05, 0) is 0 Å². The van der Waals surface area contributed by atoms with Gasteiger partial charge in [-0.1, -0.05) is 0 Å². The number of rotatable bonds is 4. The molecule has 0 unspecified atom stereocenters. The molecular weight excluding hydrogens is 294 g/mol. The van der Waals surface area contributed by atoms with E-state index in [0.29, 0.717) is 29.9 Å². The second-order valence-electron chi connectivity index (χ2n) is 1.19. The van der Waals surface area contributed by atoms with Crippen molar-refractivity contribution in [3.05, 3.63) is 9.95 Å². The first-order chi connectivity index (χ1) is 3.81. The van der Waals surface area contributed by atoms with Gasteiger partial charge in [0, 0.05) is 0 Å². The minimum atomic E-state index is 0. The van der Waals surface area contributed by atoms with E-state index in [4.69, 9.17) is 6.58 Å². The molecule has 0 aliphatic rings. The van der Waals surface area contributed by atoms with Crippen molar-refractivity contribution >= 4 is 29.9 Å². The van der Waals surface area contributed by atoms with Crippen molar-refractivity contribution in [2.24, 2.45) is 0 Å². The fraction of sp³-hybridized carbons (Fsp3) is 0.667. The van der Waals surface area contributed by atoms with Crippen molar-refractivity contribution in [2.45, 2.75) is 24.5 Å². The van der Waals surface area contributed by atoms with Crippen LogP contribution in [-0.2, 0) is 17.1 Å². The van der Waals surface area contributed by atoms with E-state index < -0.39 is 0 Å². The topological polar surface area (TPSA) is 0 Å². The number of hydrogen-bond acceptors (Lipinski definition) is 0. The molecule has 0 saturated carbocycles. The zero-order valence-electron chi connectivity index (χ0n) is 5.61. The van der Waals surface area contributed by atoms with Crippen molar-refractivity contribution in [1.29, 1.82) is 0 Å². The minimum Gasteiger partial charge on any atom is 1.00 e. The molecule has 0 heterocycles. The van der Waals surface area contributed by atoms with Crippen LogP contribution in [0.25, 0.3) is 0 Å². The standard InChI is InChI=1S/C6H11Se2.Cu/c1-4-7-6(3)8-5-2;/h3H,4-5H2,1-2H3;/q-1;+1. The SMILES string of the molecule is [CH-]=C([Se]CC)[Se]CC.[Cu+]. The van der Waals surface area contributed by atoms with Crippen LogP contribution in [0.5, 0.6) is 0 Å². The van der Waals surface area contributed by atoms with Gasteiger partial charge in [0.1, 0.15) is 0 Å². The predicted molar refractivity (Wildman–Crippen MR) is 40.3 cm³/mol. The monoisotopic (exact) mass is 306 g/mol. The van der Waals surface area contributed by atoms with Crippen molar-refractivity contribution < 1.29 is 17.1 Å². The maximum atomic E-state index is 5.67. The van der Waals surface area contributed by atoms with Gasteiger partial charge in [-0.15, -0.1) is 0 Å². The van der Waals surface area contributed by atoms with E-state index >= 15 is 0 Å². The molecule has 0 aromatic heterocycles. The number of hydrogen-bond donors (Lipinski definition) is 0. The van der Waals surface area contributed by atoms with Crippen molar-refractivity contribution in [1.82, 2.24) is 0 Å². The zero-order chi connectivity index (χ0) is 6.41. The summed E-state index contributed by atoms with van der Waals surface area (Å²) in [5.41, 5.74) is 0. The molecule has 0 N–H and O–H groups in total. The van der Waals surface area contributed by atoms with E-state index in [9.17, 15) is 0 Å². The van der Waals surface area contributed by atoms with Gasteiger partial charge in [-0.25, -0.2) is 0 Å². The summed E-state index contributed by atoms with van der Waals surface area (Å²) in [6, 6.07) is 0. The van der Waals surface area contributed by atoms with E-state index in [1.165, 1.54) is 14.0 Å². The van der Waals surface area contributed by atoms with E-state index in [1.54, 1.807) is 0 Å². The fourth-order valence-corrected chi connectivity index (χ4v) is 5.17. The van der Waals surface area contributed by atoms with Crippen molar-refractivity contribution in [3.63, 3.8) is 0 Å². The molecule has 0 spiro atoms. The summed E-state index contributed by atoms with van der Waals surface area (Å²) in [6.07, 6.45) is 0. The quantitative estimate of drug-likeness (QED) is 0.546. The van der Waals surface area contributed by atoms with E-state index in [-0.39, 0.29) is 17.1 Å². The van der Waals surface area contributed by atoms with E-state index in [0.717, 1.165) is 0 Å². The van der Waals surface area contributed by atoms with Gasteiger partial charge in [0.15, 0.2) is 0 Å². The molecule has 0 aromatic carbocycles. The maximum absolute atomic E-state index is 5.67. The first-order valence-corrected chi connectivity index (χ1v) is 6.82. The molecule has 0 fully saturated rings. The van der Waals surface area contributed by atoms with Crippen LogP contribution in [0, 0.1) is 6.58 Å². The Morgan fingerprint density at radius 1 is 1.22 bits per heavy atom. The van der Waals surface area contributed by atoms with Crippen LogP contribution in [-0.4, -0.2) is 29.9 Å². The van der Waals surface area contributed by atoms with E-state index in [2.05, 4.69) is 13.8 Å². The van der Waals surface area contributed by atoms with Gasteiger partial charge >= 0.3 is 81.4 Å². The molecule has 0 aromatic rings. The summed E-state index contributed by atoms with van der Waals surface area (Å²) in [7, 11) is 0. The van der Waals surface area contributed by atoms with Crippen LogP contribution in [0.2, 0.25) is 10.6 Å². The molecule has 58 valence electrons. The Kier molecular flexibility index (Phi) is 13.4. The first kappa shape index (κ1) is 12.9. The summed E-state index contributed by atoms with van der Waals surface area (Å²) in [6.45, 7) is 10.1. The van der Waals surface area contributed by atoms with Crippen LogP contribution in [0.3, 0.4) is 0 Å². The van der Waals surface area contributed by atoms with Gasteiger partial charge in [0.05, 0.1) is 0 Å². The van der Waals surface area contributed by atoms with Gasteiger partial charge in [-0.2, -0.15) is 0 Å². The van der Waals surface area contributed by atoms with E-state index in [1.807, 2.05) is 0 Å². The molecular formula is C6H11CuSe2. The van der Waals surface area contributed by atoms with Gasteiger partial charge in [0.25, 0.3) is 0 Å². The van der Waals surface area contributed by atoms with Gasteiger partial charge in [-0.3, -0.25) is 0 Å². The van der Waals surface area contributed by atoms with Gasteiger partial charge in [0.2, 0.25) is 0 Å². The largest absolute Gasteiger partial charge is 1.00 e. The Labute approximate surface area is 81.0 Å². The summed E-state index contributed by atoms with van der Waals surface area (Å²) in [5, 5.41) is 2.53. The second kappa shape index (κ2) is 9.30. The minimum absolute atomic E-state index is 0. The Bertz CT molecular complexity index is 65.5. The molecule has 9 heavy (non-hydrogen) atoms. The summed E-state index contributed by atoms with van der Waals surface area (Å²) < 4.78 is 1.29. The normalized spacial score (nSPS) is 8.22. The third kappa shape index (κ3) is 9.30. The molecule has 0 atom stereocenters. The summed E-state index contributed by atoms with van der Waals surface area (Å²) in [4.78, 5) is 0. The molecule has 0 amide bonds. The third-order valence-corrected chi connectivity index (χ3v) is 5.55. The molecule has 0 radical (unpaired) electrons. The average Bonchev–Trinajstić information content (AvgIpc) is 1.68. The summed E-state index contributed by atoms with van der Waals surface area (Å²) in [5.74, 6) is 0. The predicted octanol–water partition coefficient (Wildman–Crippen LogP) is 1.54. The smallest absolute Gasteiger partial charge is 1.00 e.